The van der Waals surface area contributed by atoms with Gasteiger partial charge in [-0.2, -0.15) is 11.3 Å². The third-order valence-corrected chi connectivity index (χ3v) is 2.78. The summed E-state index contributed by atoms with van der Waals surface area (Å²) in [4.78, 5) is 22.1. The van der Waals surface area contributed by atoms with Crippen molar-refractivity contribution in [2.24, 2.45) is 0 Å². The highest BCUT2D eigenvalue weighted by molar-refractivity contribution is 7.07. The Bertz CT molecular complexity index is 351. The van der Waals surface area contributed by atoms with Crippen molar-refractivity contribution in [1.29, 1.82) is 0 Å². The average Bonchev–Trinajstić information content (AvgIpc) is 2.82. The summed E-state index contributed by atoms with van der Waals surface area (Å²) in [6.45, 7) is 0.277. The number of methoxy groups -OCH3 is 1. The quantitative estimate of drug-likeness (QED) is 0.746. The van der Waals surface area contributed by atoms with Gasteiger partial charge in [-0.3, -0.25) is 9.59 Å². The molecule has 2 N–H and O–H groups in total. The zero-order valence-electron chi connectivity index (χ0n) is 9.15. The number of amides is 2. The number of rotatable bonds is 4. The lowest BCUT2D eigenvalue weighted by Gasteiger charge is -2.14. The van der Waals surface area contributed by atoms with Crippen LogP contribution in [0.1, 0.15) is 11.7 Å². The van der Waals surface area contributed by atoms with Gasteiger partial charge in [0.2, 0.25) is 0 Å². The molecular weight excluding hydrogens is 228 g/mol. The van der Waals surface area contributed by atoms with Crippen molar-refractivity contribution in [3.8, 4) is 0 Å². The van der Waals surface area contributed by atoms with Crippen LogP contribution < -0.4 is 10.6 Å². The molecule has 0 radical (unpaired) electrons. The molecule has 0 aromatic carbocycles. The molecule has 88 valence electrons. The summed E-state index contributed by atoms with van der Waals surface area (Å²) >= 11 is 1.56. The first-order chi connectivity index (χ1) is 7.69. The smallest absolute Gasteiger partial charge is 0.309 e. The highest BCUT2D eigenvalue weighted by Gasteiger charge is 2.15. The lowest BCUT2D eigenvalue weighted by molar-refractivity contribution is -0.139. The maximum atomic E-state index is 11.2. The first-order valence-electron chi connectivity index (χ1n) is 4.73. The molecule has 5 nitrogen and oxygen atoms in total. The molecule has 16 heavy (non-hydrogen) atoms. The molecule has 0 bridgehead atoms. The van der Waals surface area contributed by atoms with Crippen LogP contribution in [-0.2, 0) is 14.3 Å². The third kappa shape index (κ3) is 3.32. The van der Waals surface area contributed by atoms with Gasteiger partial charge in [0.05, 0.1) is 0 Å². The van der Waals surface area contributed by atoms with E-state index in [1.807, 2.05) is 16.8 Å². The maximum absolute atomic E-state index is 11.2. The van der Waals surface area contributed by atoms with Crippen molar-refractivity contribution in [2.45, 2.75) is 6.10 Å². The molecule has 0 spiro atoms. The summed E-state index contributed by atoms with van der Waals surface area (Å²) in [5.41, 5.74) is 0.990. The van der Waals surface area contributed by atoms with Crippen molar-refractivity contribution in [3.05, 3.63) is 22.4 Å². The summed E-state index contributed by atoms with van der Waals surface area (Å²) in [5, 5.41) is 8.63. The van der Waals surface area contributed by atoms with Crippen molar-refractivity contribution >= 4 is 23.2 Å². The highest BCUT2D eigenvalue weighted by atomic mass is 32.1. The Morgan fingerprint density at radius 2 is 2.25 bits per heavy atom. The summed E-state index contributed by atoms with van der Waals surface area (Å²) in [6.07, 6.45) is -0.222. The van der Waals surface area contributed by atoms with Crippen molar-refractivity contribution in [2.75, 3.05) is 20.7 Å². The van der Waals surface area contributed by atoms with E-state index in [9.17, 15) is 9.59 Å². The zero-order chi connectivity index (χ0) is 12.0. The fourth-order valence-corrected chi connectivity index (χ4v) is 1.88. The van der Waals surface area contributed by atoms with Crippen LogP contribution in [0.2, 0.25) is 0 Å². The lowest BCUT2D eigenvalue weighted by Crippen LogP contribution is -2.40. The Balaban J connectivity index is 2.47. The minimum Gasteiger partial charge on any atom is -0.375 e. The van der Waals surface area contributed by atoms with E-state index in [-0.39, 0.29) is 12.6 Å². The van der Waals surface area contributed by atoms with Gasteiger partial charge in [0.25, 0.3) is 0 Å². The van der Waals surface area contributed by atoms with Crippen molar-refractivity contribution in [3.63, 3.8) is 0 Å². The second kappa shape index (κ2) is 6.24. The molecule has 0 fully saturated rings. The number of hydrogen-bond acceptors (Lipinski definition) is 4. The number of hydrogen-bond donors (Lipinski definition) is 2. The van der Waals surface area contributed by atoms with Gasteiger partial charge in [0.15, 0.2) is 0 Å². The molecule has 0 aliphatic carbocycles. The Hall–Kier alpha value is -1.40. The Kier molecular flexibility index (Phi) is 4.94. The number of carbonyl (C=O) groups is 2. The van der Waals surface area contributed by atoms with Crippen molar-refractivity contribution < 1.29 is 14.3 Å². The second-order valence-corrected chi connectivity index (χ2v) is 3.85. The SMILES string of the molecule is CNC(=O)C(=O)NCC(OC)c1ccsc1. The second-order valence-electron chi connectivity index (χ2n) is 3.07. The van der Waals surface area contributed by atoms with Crippen LogP contribution in [0, 0.1) is 0 Å². The number of thiophene rings is 1. The van der Waals surface area contributed by atoms with Gasteiger partial charge in [-0.15, -0.1) is 0 Å². The Morgan fingerprint density at radius 1 is 1.50 bits per heavy atom. The van der Waals surface area contributed by atoms with E-state index in [1.54, 1.807) is 18.4 Å². The van der Waals surface area contributed by atoms with Crippen LogP contribution >= 0.6 is 11.3 Å². The summed E-state index contributed by atoms with van der Waals surface area (Å²) in [7, 11) is 2.98. The van der Waals surface area contributed by atoms with E-state index in [0.717, 1.165) is 5.56 Å². The van der Waals surface area contributed by atoms with Gasteiger partial charge < -0.3 is 15.4 Å². The zero-order valence-corrected chi connectivity index (χ0v) is 9.97. The van der Waals surface area contributed by atoms with E-state index >= 15 is 0 Å². The van der Waals surface area contributed by atoms with Gasteiger partial charge in [0.1, 0.15) is 6.10 Å². The molecule has 1 unspecified atom stereocenters. The molecule has 0 aliphatic rings. The molecule has 1 heterocycles. The standard InChI is InChI=1S/C10H14N2O3S/c1-11-9(13)10(14)12-5-8(15-2)7-3-4-16-6-7/h3-4,6,8H,5H2,1-2H3,(H,11,13)(H,12,14). The first kappa shape index (κ1) is 12.7. The normalized spacial score (nSPS) is 11.9. The fourth-order valence-electron chi connectivity index (χ4n) is 1.17. The van der Waals surface area contributed by atoms with Crippen LogP contribution in [0.5, 0.6) is 0 Å². The molecule has 0 saturated heterocycles. The van der Waals surface area contributed by atoms with Gasteiger partial charge in [0, 0.05) is 20.7 Å². The predicted octanol–water partition coefficient (Wildman–Crippen LogP) is 0.298. The van der Waals surface area contributed by atoms with Crippen molar-refractivity contribution in [1.82, 2.24) is 10.6 Å². The molecule has 1 atom stereocenters. The van der Waals surface area contributed by atoms with E-state index in [1.165, 1.54) is 7.05 Å². The molecule has 0 aliphatic heterocycles. The fraction of sp³-hybridized carbons (Fsp3) is 0.400. The molecule has 0 saturated carbocycles. The van der Waals surface area contributed by atoms with Crippen LogP contribution in [0.3, 0.4) is 0 Å². The number of nitrogens with one attached hydrogen (secondary N) is 2. The van der Waals surface area contributed by atoms with E-state index in [4.69, 9.17) is 4.74 Å². The summed E-state index contributed by atoms with van der Waals surface area (Å²) in [5.74, 6) is -1.31. The summed E-state index contributed by atoms with van der Waals surface area (Å²) < 4.78 is 5.22. The molecule has 1 rings (SSSR count). The molecule has 1 aromatic rings. The minimum atomic E-state index is -0.653. The van der Waals surface area contributed by atoms with Gasteiger partial charge in [-0.1, -0.05) is 0 Å². The van der Waals surface area contributed by atoms with Crippen LogP contribution in [0.15, 0.2) is 16.8 Å². The maximum Gasteiger partial charge on any atom is 0.309 e. The van der Waals surface area contributed by atoms with E-state index in [0.29, 0.717) is 0 Å². The average molecular weight is 242 g/mol. The molecule has 2 amide bonds. The van der Waals surface area contributed by atoms with Crippen LogP contribution in [-0.4, -0.2) is 32.5 Å². The van der Waals surface area contributed by atoms with Crippen LogP contribution in [0.4, 0.5) is 0 Å². The number of carbonyl (C=O) groups excluding carboxylic acids is 2. The topological polar surface area (TPSA) is 67.4 Å². The van der Waals surface area contributed by atoms with Crippen LogP contribution in [0.25, 0.3) is 0 Å². The van der Waals surface area contributed by atoms with E-state index in [2.05, 4.69) is 10.6 Å². The largest absolute Gasteiger partial charge is 0.375 e. The molecule has 1 aromatic heterocycles. The monoisotopic (exact) mass is 242 g/mol. The minimum absolute atomic E-state index is 0.222. The Labute approximate surface area is 97.8 Å². The number of ether oxygens (including phenoxy) is 1. The summed E-state index contributed by atoms with van der Waals surface area (Å²) in [6, 6.07) is 1.92. The first-order valence-corrected chi connectivity index (χ1v) is 5.68. The predicted molar refractivity (Wildman–Crippen MR) is 61.1 cm³/mol. The van der Waals surface area contributed by atoms with Gasteiger partial charge >= 0.3 is 11.8 Å². The highest BCUT2D eigenvalue weighted by Crippen LogP contribution is 2.18. The number of likely N-dealkylation sites (N-methyl/N-ethyl adjacent to an activating group) is 1. The molecule has 6 heteroatoms. The lowest BCUT2D eigenvalue weighted by atomic mass is 10.2. The van der Waals surface area contributed by atoms with Gasteiger partial charge in [-0.25, -0.2) is 0 Å². The van der Waals surface area contributed by atoms with E-state index < -0.39 is 11.8 Å². The molecular formula is C10H14N2O3S. The Morgan fingerprint density at radius 3 is 2.75 bits per heavy atom. The van der Waals surface area contributed by atoms with Gasteiger partial charge in [-0.05, 0) is 22.4 Å². The third-order valence-electron chi connectivity index (χ3n) is 2.08.